The van der Waals surface area contributed by atoms with Crippen LogP contribution in [0, 0.1) is 5.92 Å². The van der Waals surface area contributed by atoms with E-state index in [1.165, 1.54) is 50.1 Å². The minimum Gasteiger partial charge on any atom is -0.485 e. The first-order valence-corrected chi connectivity index (χ1v) is 20.6. The van der Waals surface area contributed by atoms with Crippen LogP contribution in [0.4, 0.5) is 0 Å². The van der Waals surface area contributed by atoms with Gasteiger partial charge in [-0.15, -0.1) is 0 Å². The number of allylic oxidation sites excluding steroid dienone is 2. The van der Waals surface area contributed by atoms with Crippen LogP contribution in [-0.4, -0.2) is 21.1 Å². The highest BCUT2D eigenvalue weighted by Gasteiger charge is 2.56. The molecule has 3 aliphatic rings. The van der Waals surface area contributed by atoms with Crippen molar-refractivity contribution in [2.45, 2.75) is 11.5 Å². The van der Waals surface area contributed by atoms with E-state index in [9.17, 15) is 0 Å². The summed E-state index contributed by atoms with van der Waals surface area (Å²) in [4.78, 5) is 15.0. The SMILES string of the molecule is C1=CC2Oc3ccccc3[C@@]3(c4cc(-c5ccc(-c6cccc7ncccc67)cc5)ccc4-c4ccc(-c5cc(-c6ccccc6)nc(-c6ccccc6)n5)cc43)C2C=C1. The fourth-order valence-corrected chi connectivity index (χ4v) is 9.92. The smallest absolute Gasteiger partial charge is 0.160 e. The van der Waals surface area contributed by atoms with Crippen molar-refractivity contribution in [1.29, 1.82) is 0 Å². The Bertz CT molecular complexity index is 3130. The molecular weight excluding hydrogens is 731 g/mol. The maximum absolute atomic E-state index is 6.83. The Labute approximate surface area is 348 Å². The Hall–Kier alpha value is -7.69. The zero-order valence-corrected chi connectivity index (χ0v) is 32.6. The van der Waals surface area contributed by atoms with E-state index in [4.69, 9.17) is 14.7 Å². The topological polar surface area (TPSA) is 47.9 Å². The van der Waals surface area contributed by atoms with Gasteiger partial charge in [-0.3, -0.25) is 4.98 Å². The fourth-order valence-electron chi connectivity index (χ4n) is 9.92. The molecule has 2 aliphatic carbocycles. The minimum absolute atomic E-state index is 0.00963. The molecule has 0 fully saturated rings. The van der Waals surface area contributed by atoms with Crippen LogP contribution in [0.25, 0.3) is 78.2 Å². The van der Waals surface area contributed by atoms with Crippen molar-refractivity contribution >= 4 is 10.9 Å². The van der Waals surface area contributed by atoms with Gasteiger partial charge in [0, 0.05) is 39.8 Å². The standard InChI is InChI=1S/C56H37N3O/c1-3-13-38(14-4-1)51-35-52(59-55(58-51)39-15-5-2-6-16-39)41-29-31-44-43-30-28-40(36-24-26-37(27-25-36)42-17-11-21-50-45(42)18-12-32-57-50)33-48(43)56(49(44)34-41)46-19-7-9-22-53(46)60-54-23-10-8-20-47(54)56/h1-35,46,53H/t46?,53?,56-/m1/s1. The molecule has 0 radical (unpaired) electrons. The second-order valence-corrected chi connectivity index (χ2v) is 15.9. The molecule has 4 nitrogen and oxygen atoms in total. The lowest BCUT2D eigenvalue weighted by atomic mass is 9.60. The van der Waals surface area contributed by atoms with Gasteiger partial charge in [-0.05, 0) is 87.0 Å². The number of aromatic nitrogens is 3. The van der Waals surface area contributed by atoms with Gasteiger partial charge >= 0.3 is 0 Å². The molecular formula is C56H37N3O. The summed E-state index contributed by atoms with van der Waals surface area (Å²) in [6.07, 6.45) is 10.6. The van der Waals surface area contributed by atoms with Gasteiger partial charge in [-0.25, -0.2) is 9.97 Å². The van der Waals surface area contributed by atoms with Gasteiger partial charge in [0.2, 0.25) is 0 Å². The Morgan fingerprint density at radius 1 is 0.433 bits per heavy atom. The first kappa shape index (κ1) is 34.4. The molecule has 0 saturated heterocycles. The number of rotatable bonds is 5. The number of benzene rings is 7. The van der Waals surface area contributed by atoms with Crippen molar-refractivity contribution in [3.05, 3.63) is 229 Å². The highest BCUT2D eigenvalue weighted by molar-refractivity contribution is 5.95. The highest BCUT2D eigenvalue weighted by Crippen LogP contribution is 2.62. The third-order valence-electron chi connectivity index (χ3n) is 12.6. The van der Waals surface area contributed by atoms with Gasteiger partial charge in [0.05, 0.1) is 22.3 Å². The molecule has 0 amide bonds. The molecule has 2 aromatic heterocycles. The maximum Gasteiger partial charge on any atom is 0.160 e. The van der Waals surface area contributed by atoms with Crippen molar-refractivity contribution in [2.75, 3.05) is 0 Å². The molecule has 60 heavy (non-hydrogen) atoms. The summed E-state index contributed by atoms with van der Waals surface area (Å²) >= 11 is 0. The van der Waals surface area contributed by atoms with E-state index >= 15 is 0 Å². The van der Waals surface area contributed by atoms with Crippen molar-refractivity contribution in [3.8, 4) is 73.0 Å². The molecule has 2 unspecified atom stereocenters. The summed E-state index contributed by atoms with van der Waals surface area (Å²) < 4.78 is 6.83. The lowest BCUT2D eigenvalue weighted by Gasteiger charge is -2.47. The molecule has 0 saturated carbocycles. The van der Waals surface area contributed by atoms with Gasteiger partial charge < -0.3 is 4.74 Å². The van der Waals surface area contributed by atoms with Crippen LogP contribution in [0.2, 0.25) is 0 Å². The van der Waals surface area contributed by atoms with E-state index in [1.807, 2.05) is 36.5 Å². The van der Waals surface area contributed by atoms with Crippen molar-refractivity contribution in [2.24, 2.45) is 5.92 Å². The Morgan fingerprint density at radius 3 is 1.88 bits per heavy atom. The zero-order chi connectivity index (χ0) is 39.6. The highest BCUT2D eigenvalue weighted by atomic mass is 16.5. The van der Waals surface area contributed by atoms with Gasteiger partial charge in [-0.2, -0.15) is 0 Å². The van der Waals surface area contributed by atoms with Gasteiger partial charge in [0.15, 0.2) is 5.82 Å². The Balaban J connectivity index is 1.05. The van der Waals surface area contributed by atoms with Crippen LogP contribution in [0.3, 0.4) is 0 Å². The molecule has 3 atom stereocenters. The van der Waals surface area contributed by atoms with Crippen molar-refractivity contribution in [1.82, 2.24) is 15.0 Å². The quantitative estimate of drug-likeness (QED) is 0.175. The van der Waals surface area contributed by atoms with Crippen molar-refractivity contribution in [3.63, 3.8) is 0 Å². The molecule has 9 aromatic rings. The number of hydrogen-bond acceptors (Lipinski definition) is 4. The van der Waals surface area contributed by atoms with Gasteiger partial charge in [0.25, 0.3) is 0 Å². The number of para-hydroxylation sites is 1. The number of ether oxygens (including phenoxy) is 1. The molecule has 12 rings (SSSR count). The predicted octanol–water partition coefficient (Wildman–Crippen LogP) is 13.2. The predicted molar refractivity (Wildman–Crippen MR) is 242 cm³/mol. The third kappa shape index (κ3) is 5.34. The van der Waals surface area contributed by atoms with Gasteiger partial charge in [-0.1, -0.05) is 164 Å². The second-order valence-electron chi connectivity index (χ2n) is 15.9. The monoisotopic (exact) mass is 767 g/mol. The average molecular weight is 768 g/mol. The molecule has 1 aliphatic heterocycles. The second kappa shape index (κ2) is 13.7. The summed E-state index contributed by atoms with van der Waals surface area (Å²) in [7, 11) is 0. The lowest BCUT2D eigenvalue weighted by Crippen LogP contribution is -2.47. The van der Waals surface area contributed by atoms with Crippen LogP contribution >= 0.6 is 0 Å². The minimum atomic E-state index is -0.537. The van der Waals surface area contributed by atoms with E-state index in [-0.39, 0.29) is 12.0 Å². The fraction of sp³-hybridized carbons (Fsp3) is 0.0536. The summed E-state index contributed by atoms with van der Waals surface area (Å²) in [6, 6.07) is 65.0. The van der Waals surface area contributed by atoms with Crippen LogP contribution in [0.15, 0.2) is 212 Å². The molecule has 0 N–H and O–H groups in total. The van der Waals surface area contributed by atoms with Crippen molar-refractivity contribution < 1.29 is 4.74 Å². The van der Waals surface area contributed by atoms with Crippen LogP contribution < -0.4 is 4.74 Å². The Morgan fingerprint density at radius 2 is 1.08 bits per heavy atom. The summed E-state index contributed by atoms with van der Waals surface area (Å²) in [5.74, 6) is 1.63. The zero-order valence-electron chi connectivity index (χ0n) is 32.6. The van der Waals surface area contributed by atoms with Crippen LogP contribution in [0.5, 0.6) is 5.75 Å². The van der Waals surface area contributed by atoms with E-state index < -0.39 is 5.41 Å². The molecule has 1 spiro atoms. The van der Waals surface area contributed by atoms with E-state index in [0.29, 0.717) is 5.82 Å². The van der Waals surface area contributed by atoms with Crippen LogP contribution in [-0.2, 0) is 5.41 Å². The molecule has 282 valence electrons. The summed E-state index contributed by atoms with van der Waals surface area (Å²) in [6.45, 7) is 0. The third-order valence-corrected chi connectivity index (χ3v) is 12.6. The summed E-state index contributed by atoms with van der Waals surface area (Å²) in [5.41, 5.74) is 16.2. The average Bonchev–Trinajstić information content (AvgIpc) is 3.61. The molecule has 4 heteroatoms. The number of pyridine rings is 1. The van der Waals surface area contributed by atoms with E-state index in [2.05, 4.69) is 181 Å². The number of fused-ring (bicyclic) bond motifs is 10. The van der Waals surface area contributed by atoms with E-state index in [1.54, 1.807) is 0 Å². The first-order valence-electron chi connectivity index (χ1n) is 20.6. The Kier molecular flexibility index (Phi) is 7.85. The maximum atomic E-state index is 6.83. The van der Waals surface area contributed by atoms with E-state index in [0.717, 1.165) is 44.7 Å². The van der Waals surface area contributed by atoms with Crippen LogP contribution in [0.1, 0.15) is 16.7 Å². The first-order chi connectivity index (χ1) is 29.7. The summed E-state index contributed by atoms with van der Waals surface area (Å²) in [5, 5.41) is 1.15. The number of hydrogen-bond donors (Lipinski definition) is 0. The molecule has 0 bridgehead atoms. The molecule has 3 heterocycles. The van der Waals surface area contributed by atoms with Gasteiger partial charge in [0.1, 0.15) is 11.9 Å². The number of nitrogens with zero attached hydrogens (tertiary/aromatic N) is 3. The molecule has 7 aromatic carbocycles. The lowest BCUT2D eigenvalue weighted by molar-refractivity contribution is 0.141. The normalized spacial score (nSPS) is 18.1. The largest absolute Gasteiger partial charge is 0.485 e.